The molecule has 24 heavy (non-hydrogen) atoms. The van der Waals surface area contributed by atoms with Gasteiger partial charge in [0, 0.05) is 24.3 Å². The number of hydrogen-bond acceptors (Lipinski definition) is 5. The summed E-state index contributed by atoms with van der Waals surface area (Å²) >= 11 is 0. The largest absolute Gasteiger partial charge is 0.476 e. The Balaban J connectivity index is 2.00. The second-order valence-corrected chi connectivity index (χ2v) is 7.98. The first-order valence-corrected chi connectivity index (χ1v) is 9.39. The van der Waals surface area contributed by atoms with Crippen molar-refractivity contribution >= 4 is 15.8 Å². The van der Waals surface area contributed by atoms with E-state index in [1.165, 1.54) is 0 Å². The number of carboxylic acid groups (broad SMARTS) is 1. The topological polar surface area (TPSA) is 98.5 Å². The van der Waals surface area contributed by atoms with Crippen molar-refractivity contribution in [3.8, 4) is 11.3 Å². The van der Waals surface area contributed by atoms with Gasteiger partial charge in [0.15, 0.2) is 15.5 Å². The number of aromatic carboxylic acids is 1. The summed E-state index contributed by atoms with van der Waals surface area (Å²) in [6.45, 7) is 1.17. The van der Waals surface area contributed by atoms with Crippen LogP contribution < -0.4 is 0 Å². The Bertz CT molecular complexity index is 926. The Morgan fingerprint density at radius 2 is 1.96 bits per heavy atom. The number of carbonyl (C=O) groups is 1. The zero-order valence-corrected chi connectivity index (χ0v) is 13.6. The maximum atomic E-state index is 12.5. The Morgan fingerprint density at radius 1 is 1.25 bits per heavy atom. The molecule has 8 heteroatoms. The second-order valence-electron chi connectivity index (χ2n) is 6.02. The first kappa shape index (κ1) is 15.3. The molecule has 1 aromatic carbocycles. The van der Waals surface area contributed by atoms with Crippen molar-refractivity contribution in [1.82, 2.24) is 9.78 Å². The standard InChI is InChI=1S/C16H16N2O5S/c19-16(20)14-12-9-24(21,22)13-4-2-1-3-11(13)15(12)18(17-14)10-5-7-23-8-6-10/h1-4,10H,5-9H2,(H,19,20). The summed E-state index contributed by atoms with van der Waals surface area (Å²) in [5.74, 6) is -1.53. The van der Waals surface area contributed by atoms with Crippen LogP contribution in [0.2, 0.25) is 0 Å². The molecule has 0 atom stereocenters. The number of fused-ring (bicyclic) bond motifs is 3. The molecule has 7 nitrogen and oxygen atoms in total. The van der Waals surface area contributed by atoms with Crippen molar-refractivity contribution in [2.75, 3.05) is 13.2 Å². The van der Waals surface area contributed by atoms with Gasteiger partial charge < -0.3 is 9.84 Å². The van der Waals surface area contributed by atoms with Gasteiger partial charge in [-0.25, -0.2) is 13.2 Å². The minimum absolute atomic E-state index is 0.00876. The monoisotopic (exact) mass is 348 g/mol. The summed E-state index contributed by atoms with van der Waals surface area (Å²) in [6.07, 6.45) is 1.45. The van der Waals surface area contributed by atoms with Crippen LogP contribution in [-0.4, -0.2) is 42.5 Å². The molecule has 0 amide bonds. The average molecular weight is 348 g/mol. The van der Waals surface area contributed by atoms with E-state index < -0.39 is 15.8 Å². The first-order chi connectivity index (χ1) is 11.5. The van der Waals surface area contributed by atoms with Crippen LogP contribution >= 0.6 is 0 Å². The first-order valence-electron chi connectivity index (χ1n) is 7.73. The minimum Gasteiger partial charge on any atom is -0.476 e. The fourth-order valence-electron chi connectivity index (χ4n) is 3.46. The zero-order chi connectivity index (χ0) is 16.9. The molecule has 1 N–H and O–H groups in total. The van der Waals surface area contributed by atoms with Gasteiger partial charge in [0.05, 0.1) is 22.4 Å². The Kier molecular flexibility index (Phi) is 3.47. The zero-order valence-electron chi connectivity index (χ0n) is 12.8. The van der Waals surface area contributed by atoms with E-state index >= 15 is 0 Å². The van der Waals surface area contributed by atoms with Crippen LogP contribution in [-0.2, 0) is 20.3 Å². The molecule has 0 saturated carbocycles. The summed E-state index contributed by atoms with van der Waals surface area (Å²) in [4.78, 5) is 11.8. The number of sulfone groups is 1. The summed E-state index contributed by atoms with van der Waals surface area (Å²) in [5.41, 5.74) is 1.26. The van der Waals surface area contributed by atoms with Gasteiger partial charge in [-0.3, -0.25) is 4.68 Å². The van der Waals surface area contributed by atoms with Gasteiger partial charge in [0.25, 0.3) is 0 Å². The molecule has 1 aromatic heterocycles. The van der Waals surface area contributed by atoms with Crippen molar-refractivity contribution < 1.29 is 23.1 Å². The van der Waals surface area contributed by atoms with Crippen LogP contribution in [0.3, 0.4) is 0 Å². The van der Waals surface area contributed by atoms with E-state index in [0.717, 1.165) is 12.8 Å². The van der Waals surface area contributed by atoms with Gasteiger partial charge >= 0.3 is 5.97 Å². The Labute approximate surface area is 138 Å². The van der Waals surface area contributed by atoms with E-state index in [1.807, 2.05) is 0 Å². The quantitative estimate of drug-likeness (QED) is 0.890. The molecule has 2 aromatic rings. The normalized spacial score (nSPS) is 19.5. The van der Waals surface area contributed by atoms with Crippen LogP contribution in [0.5, 0.6) is 0 Å². The molecule has 4 rings (SSSR count). The molecule has 0 bridgehead atoms. The maximum Gasteiger partial charge on any atom is 0.356 e. The second kappa shape index (κ2) is 5.42. The van der Waals surface area contributed by atoms with Gasteiger partial charge in [0.2, 0.25) is 0 Å². The molecule has 3 heterocycles. The molecule has 2 aliphatic heterocycles. The summed E-state index contributed by atoms with van der Waals surface area (Å²) < 4.78 is 32.2. The van der Waals surface area contributed by atoms with Crippen LogP contribution in [0.1, 0.15) is 34.9 Å². The number of benzene rings is 1. The predicted molar refractivity (Wildman–Crippen MR) is 84.6 cm³/mol. The van der Waals surface area contributed by atoms with Gasteiger partial charge in [-0.2, -0.15) is 5.10 Å². The highest BCUT2D eigenvalue weighted by atomic mass is 32.2. The summed E-state index contributed by atoms with van der Waals surface area (Å²) in [7, 11) is -3.57. The molecule has 1 fully saturated rings. The molecule has 1 saturated heterocycles. The van der Waals surface area contributed by atoms with Crippen molar-refractivity contribution in [1.29, 1.82) is 0 Å². The van der Waals surface area contributed by atoms with E-state index in [4.69, 9.17) is 4.74 Å². The summed E-state index contributed by atoms with van der Waals surface area (Å²) in [5, 5.41) is 13.8. The summed E-state index contributed by atoms with van der Waals surface area (Å²) in [6, 6.07) is 6.72. The molecule has 126 valence electrons. The number of hydrogen-bond donors (Lipinski definition) is 1. The van der Waals surface area contributed by atoms with E-state index in [2.05, 4.69) is 5.10 Å². The number of nitrogens with zero attached hydrogens (tertiary/aromatic N) is 2. The van der Waals surface area contributed by atoms with Crippen molar-refractivity contribution in [3.63, 3.8) is 0 Å². The molecule has 0 aliphatic carbocycles. The highest BCUT2D eigenvalue weighted by Crippen LogP contribution is 2.41. The van der Waals surface area contributed by atoms with E-state index in [-0.39, 0.29) is 27.9 Å². The van der Waals surface area contributed by atoms with Gasteiger partial charge in [-0.1, -0.05) is 18.2 Å². The minimum atomic E-state index is -3.57. The van der Waals surface area contributed by atoms with Crippen molar-refractivity contribution in [3.05, 3.63) is 35.5 Å². The molecule has 0 spiro atoms. The highest BCUT2D eigenvalue weighted by molar-refractivity contribution is 7.90. The lowest BCUT2D eigenvalue weighted by Crippen LogP contribution is -2.22. The lowest BCUT2D eigenvalue weighted by molar-refractivity contribution is 0.0648. The molecule has 0 radical (unpaired) electrons. The van der Waals surface area contributed by atoms with E-state index in [1.54, 1.807) is 28.9 Å². The van der Waals surface area contributed by atoms with Gasteiger partial charge in [-0.15, -0.1) is 0 Å². The molecule has 2 aliphatic rings. The lowest BCUT2D eigenvalue weighted by atomic mass is 10.0. The third kappa shape index (κ3) is 2.25. The highest BCUT2D eigenvalue weighted by Gasteiger charge is 2.37. The maximum absolute atomic E-state index is 12.5. The fraction of sp³-hybridized carbons (Fsp3) is 0.375. The SMILES string of the molecule is O=C(O)c1nn(C2CCOCC2)c2c1CS(=O)(=O)c1ccccc1-2. The fourth-order valence-corrected chi connectivity index (χ4v) is 5.05. The number of rotatable bonds is 2. The predicted octanol–water partition coefficient (Wildman–Crippen LogP) is 1.89. The van der Waals surface area contributed by atoms with Gasteiger partial charge in [0.1, 0.15) is 0 Å². The smallest absolute Gasteiger partial charge is 0.356 e. The van der Waals surface area contributed by atoms with Gasteiger partial charge in [-0.05, 0) is 18.9 Å². The number of aromatic nitrogens is 2. The third-order valence-corrected chi connectivity index (χ3v) is 6.25. The number of ether oxygens (including phenoxy) is 1. The molecular weight excluding hydrogens is 332 g/mol. The van der Waals surface area contributed by atoms with Crippen LogP contribution in [0.4, 0.5) is 0 Å². The molecule has 0 unspecified atom stereocenters. The third-order valence-electron chi connectivity index (χ3n) is 4.56. The van der Waals surface area contributed by atoms with Crippen LogP contribution in [0, 0.1) is 0 Å². The lowest BCUT2D eigenvalue weighted by Gasteiger charge is -2.26. The van der Waals surface area contributed by atoms with Crippen LogP contribution in [0.15, 0.2) is 29.2 Å². The van der Waals surface area contributed by atoms with E-state index in [0.29, 0.717) is 24.5 Å². The number of carboxylic acids is 1. The Morgan fingerprint density at radius 3 is 2.67 bits per heavy atom. The Hall–Kier alpha value is -2.19. The van der Waals surface area contributed by atoms with Crippen molar-refractivity contribution in [2.24, 2.45) is 0 Å². The van der Waals surface area contributed by atoms with Crippen LogP contribution in [0.25, 0.3) is 11.3 Å². The average Bonchev–Trinajstić information content (AvgIpc) is 2.95. The van der Waals surface area contributed by atoms with E-state index in [9.17, 15) is 18.3 Å². The molecular formula is C16H16N2O5S. The van der Waals surface area contributed by atoms with Crippen molar-refractivity contribution in [2.45, 2.75) is 29.5 Å².